The van der Waals surface area contributed by atoms with Crippen molar-refractivity contribution in [3.05, 3.63) is 42.4 Å². The van der Waals surface area contributed by atoms with Gasteiger partial charge in [0.25, 0.3) is 0 Å². The van der Waals surface area contributed by atoms with Crippen LogP contribution in [0.1, 0.15) is 5.82 Å². The van der Waals surface area contributed by atoms with Crippen LogP contribution in [-0.2, 0) is 20.1 Å². The van der Waals surface area contributed by atoms with E-state index in [0.29, 0.717) is 0 Å². The van der Waals surface area contributed by atoms with Crippen molar-refractivity contribution in [3.8, 4) is 22.9 Å². The SMILES string of the molecule is Cn1cc(-c2nnc3n2CCNC3)nc1-c1ccccc1. The largest absolute Gasteiger partial charge is 0.333 e. The Labute approximate surface area is 122 Å². The van der Waals surface area contributed by atoms with Crippen molar-refractivity contribution >= 4 is 0 Å². The van der Waals surface area contributed by atoms with Gasteiger partial charge < -0.3 is 14.5 Å². The summed E-state index contributed by atoms with van der Waals surface area (Å²) in [5, 5.41) is 11.9. The Bertz CT molecular complexity index is 771. The van der Waals surface area contributed by atoms with Crippen LogP contribution in [0, 0.1) is 0 Å². The Morgan fingerprint density at radius 2 is 1.95 bits per heavy atom. The smallest absolute Gasteiger partial charge is 0.184 e. The van der Waals surface area contributed by atoms with E-state index in [2.05, 4.69) is 32.2 Å². The van der Waals surface area contributed by atoms with Gasteiger partial charge in [-0.3, -0.25) is 0 Å². The lowest BCUT2D eigenvalue weighted by Gasteiger charge is -2.15. The molecule has 0 amide bonds. The van der Waals surface area contributed by atoms with Crippen molar-refractivity contribution in [1.82, 2.24) is 29.6 Å². The third-order valence-corrected chi connectivity index (χ3v) is 3.76. The zero-order valence-corrected chi connectivity index (χ0v) is 11.8. The molecule has 21 heavy (non-hydrogen) atoms. The van der Waals surface area contributed by atoms with E-state index in [-0.39, 0.29) is 0 Å². The van der Waals surface area contributed by atoms with E-state index in [1.165, 1.54) is 0 Å². The van der Waals surface area contributed by atoms with E-state index in [4.69, 9.17) is 4.98 Å². The minimum absolute atomic E-state index is 0.769. The molecule has 1 aliphatic rings. The summed E-state index contributed by atoms with van der Waals surface area (Å²) < 4.78 is 4.18. The van der Waals surface area contributed by atoms with Crippen LogP contribution in [0.2, 0.25) is 0 Å². The predicted octanol–water partition coefficient (Wildman–Crippen LogP) is 1.45. The first-order valence-corrected chi connectivity index (χ1v) is 7.05. The van der Waals surface area contributed by atoms with Gasteiger partial charge in [0.2, 0.25) is 0 Å². The first kappa shape index (κ1) is 12.3. The Morgan fingerprint density at radius 3 is 2.81 bits per heavy atom. The minimum Gasteiger partial charge on any atom is -0.333 e. The minimum atomic E-state index is 0.769. The van der Waals surface area contributed by atoms with E-state index in [9.17, 15) is 0 Å². The number of fused-ring (bicyclic) bond motifs is 1. The molecule has 1 N–H and O–H groups in total. The highest BCUT2D eigenvalue weighted by Crippen LogP contribution is 2.24. The fourth-order valence-electron chi connectivity index (χ4n) is 2.71. The van der Waals surface area contributed by atoms with Crippen molar-refractivity contribution in [3.63, 3.8) is 0 Å². The van der Waals surface area contributed by atoms with Crippen molar-refractivity contribution < 1.29 is 0 Å². The molecule has 0 saturated carbocycles. The van der Waals surface area contributed by atoms with Gasteiger partial charge in [-0.05, 0) is 0 Å². The number of benzene rings is 1. The molecule has 0 saturated heterocycles. The normalized spacial score (nSPS) is 14.1. The molecule has 106 valence electrons. The topological polar surface area (TPSA) is 60.6 Å². The van der Waals surface area contributed by atoms with Crippen LogP contribution in [0.25, 0.3) is 22.9 Å². The summed E-state index contributed by atoms with van der Waals surface area (Å²) in [5.74, 6) is 2.77. The van der Waals surface area contributed by atoms with Crippen LogP contribution in [0.4, 0.5) is 0 Å². The van der Waals surface area contributed by atoms with Crippen LogP contribution in [-0.4, -0.2) is 30.9 Å². The molecular formula is C15H16N6. The van der Waals surface area contributed by atoms with Crippen molar-refractivity contribution in [2.24, 2.45) is 7.05 Å². The van der Waals surface area contributed by atoms with Crippen LogP contribution in [0.15, 0.2) is 36.5 Å². The molecule has 0 unspecified atom stereocenters. The van der Waals surface area contributed by atoms with Crippen molar-refractivity contribution in [2.45, 2.75) is 13.1 Å². The van der Waals surface area contributed by atoms with E-state index < -0.39 is 0 Å². The van der Waals surface area contributed by atoms with Crippen molar-refractivity contribution in [2.75, 3.05) is 6.54 Å². The number of nitrogens with one attached hydrogen (secondary N) is 1. The van der Waals surface area contributed by atoms with Crippen LogP contribution in [0.5, 0.6) is 0 Å². The molecular weight excluding hydrogens is 264 g/mol. The first-order chi connectivity index (χ1) is 10.3. The molecule has 0 aliphatic carbocycles. The van der Waals surface area contributed by atoms with Gasteiger partial charge in [0.15, 0.2) is 5.82 Å². The standard InChI is InChI=1S/C15H16N6/c1-20-10-12(17-14(20)11-5-3-2-4-6-11)15-19-18-13-9-16-7-8-21(13)15/h2-6,10,16H,7-9H2,1H3. The van der Waals surface area contributed by atoms with Gasteiger partial charge in [0.1, 0.15) is 17.3 Å². The fraction of sp³-hybridized carbons (Fsp3) is 0.267. The average Bonchev–Trinajstić information content (AvgIpc) is 3.11. The second-order valence-corrected chi connectivity index (χ2v) is 5.19. The van der Waals surface area contributed by atoms with Gasteiger partial charge in [-0.1, -0.05) is 30.3 Å². The molecule has 2 aromatic heterocycles. The summed E-state index contributed by atoms with van der Waals surface area (Å²) in [6.45, 7) is 2.59. The highest BCUT2D eigenvalue weighted by Gasteiger charge is 2.19. The predicted molar refractivity (Wildman–Crippen MR) is 79.4 cm³/mol. The molecule has 0 spiro atoms. The number of imidazole rings is 1. The molecule has 6 heteroatoms. The van der Waals surface area contributed by atoms with Crippen LogP contribution in [0.3, 0.4) is 0 Å². The van der Waals surface area contributed by atoms with Crippen LogP contribution >= 0.6 is 0 Å². The molecule has 0 bridgehead atoms. The van der Waals surface area contributed by atoms with Gasteiger partial charge in [-0.25, -0.2) is 4.98 Å². The molecule has 3 heterocycles. The van der Waals surface area contributed by atoms with Gasteiger partial charge in [-0.2, -0.15) is 0 Å². The fourth-order valence-corrected chi connectivity index (χ4v) is 2.71. The van der Waals surface area contributed by atoms with Gasteiger partial charge >= 0.3 is 0 Å². The number of hydrogen-bond donors (Lipinski definition) is 1. The van der Waals surface area contributed by atoms with Crippen molar-refractivity contribution in [1.29, 1.82) is 0 Å². The molecule has 4 rings (SSSR count). The third kappa shape index (κ3) is 2.04. The summed E-state index contributed by atoms with van der Waals surface area (Å²) >= 11 is 0. The second kappa shape index (κ2) is 4.82. The summed E-state index contributed by atoms with van der Waals surface area (Å²) in [7, 11) is 2.01. The number of aryl methyl sites for hydroxylation is 1. The zero-order chi connectivity index (χ0) is 14.2. The number of aromatic nitrogens is 5. The quantitative estimate of drug-likeness (QED) is 0.772. The zero-order valence-electron chi connectivity index (χ0n) is 11.8. The third-order valence-electron chi connectivity index (χ3n) is 3.76. The van der Waals surface area contributed by atoms with Gasteiger partial charge in [0, 0.05) is 31.9 Å². The Balaban J connectivity index is 1.79. The van der Waals surface area contributed by atoms with E-state index in [1.807, 2.05) is 36.0 Å². The monoisotopic (exact) mass is 280 g/mol. The first-order valence-electron chi connectivity index (χ1n) is 7.05. The average molecular weight is 280 g/mol. The summed E-state index contributed by atoms with van der Waals surface area (Å²) in [6.07, 6.45) is 2.02. The summed E-state index contributed by atoms with van der Waals surface area (Å²) in [4.78, 5) is 4.75. The lowest BCUT2D eigenvalue weighted by atomic mass is 10.2. The number of rotatable bonds is 2. The molecule has 3 aromatic rings. The maximum Gasteiger partial charge on any atom is 0.184 e. The summed E-state index contributed by atoms with van der Waals surface area (Å²) in [5.41, 5.74) is 1.98. The highest BCUT2D eigenvalue weighted by atomic mass is 15.3. The molecule has 1 aliphatic heterocycles. The summed E-state index contributed by atoms with van der Waals surface area (Å²) in [6, 6.07) is 10.2. The number of nitrogens with zero attached hydrogens (tertiary/aromatic N) is 5. The Kier molecular flexibility index (Phi) is 2.82. The molecule has 0 atom stereocenters. The molecule has 0 radical (unpaired) electrons. The van der Waals surface area contributed by atoms with Crippen LogP contribution < -0.4 is 5.32 Å². The lowest BCUT2D eigenvalue weighted by Crippen LogP contribution is -2.28. The second-order valence-electron chi connectivity index (χ2n) is 5.19. The maximum atomic E-state index is 4.75. The lowest BCUT2D eigenvalue weighted by molar-refractivity contribution is 0.508. The Hall–Kier alpha value is -2.47. The Morgan fingerprint density at radius 1 is 1.10 bits per heavy atom. The van der Waals surface area contributed by atoms with E-state index in [1.54, 1.807) is 0 Å². The molecule has 6 nitrogen and oxygen atoms in total. The maximum absolute atomic E-state index is 4.75. The highest BCUT2D eigenvalue weighted by molar-refractivity contribution is 5.61. The molecule has 0 fully saturated rings. The van der Waals surface area contributed by atoms with Gasteiger partial charge in [0.05, 0.1) is 6.54 Å². The number of hydrogen-bond acceptors (Lipinski definition) is 4. The van der Waals surface area contributed by atoms with E-state index >= 15 is 0 Å². The van der Waals surface area contributed by atoms with E-state index in [0.717, 1.165) is 48.4 Å². The van der Waals surface area contributed by atoms with Gasteiger partial charge in [-0.15, -0.1) is 10.2 Å². The molecule has 1 aromatic carbocycles.